The summed E-state index contributed by atoms with van der Waals surface area (Å²) >= 11 is 0. The van der Waals surface area contributed by atoms with Gasteiger partial charge in [-0.05, 0) is 18.4 Å². The lowest BCUT2D eigenvalue weighted by Gasteiger charge is -2.15. The second kappa shape index (κ2) is 7.94. The first-order valence-electron chi connectivity index (χ1n) is 4.97. The van der Waals surface area contributed by atoms with E-state index in [1.54, 1.807) is 0 Å². The third kappa shape index (κ3) is 4.85. The molecule has 0 aliphatic carbocycles. The second-order valence-corrected chi connectivity index (χ2v) is 3.51. The average molecular weight is 249 g/mol. The second-order valence-electron chi connectivity index (χ2n) is 3.51. The van der Waals surface area contributed by atoms with E-state index in [0.29, 0.717) is 0 Å². The molecule has 1 N–H and O–H groups in total. The predicted octanol–water partition coefficient (Wildman–Crippen LogP) is 2.63. The Balaban J connectivity index is 0.000000980. The van der Waals surface area contributed by atoms with Crippen LogP contribution in [-0.2, 0) is 6.54 Å². The van der Waals surface area contributed by atoms with Crippen LogP contribution in [0.2, 0.25) is 0 Å². The fourth-order valence-corrected chi connectivity index (χ4v) is 1.67. The molecule has 2 rings (SSSR count). The van der Waals surface area contributed by atoms with Crippen molar-refractivity contribution < 1.29 is 0 Å². The van der Waals surface area contributed by atoms with E-state index in [2.05, 4.69) is 40.8 Å². The van der Waals surface area contributed by atoms with Crippen molar-refractivity contribution in [3.63, 3.8) is 0 Å². The summed E-state index contributed by atoms with van der Waals surface area (Å²) in [7, 11) is 0. The van der Waals surface area contributed by atoms with Crippen LogP contribution in [-0.4, -0.2) is 18.1 Å². The minimum absolute atomic E-state index is 0. The van der Waals surface area contributed by atoms with Crippen molar-refractivity contribution in [3.8, 4) is 0 Å². The summed E-state index contributed by atoms with van der Waals surface area (Å²) < 4.78 is 0. The van der Waals surface area contributed by atoms with E-state index < -0.39 is 0 Å². The van der Waals surface area contributed by atoms with Crippen LogP contribution in [0.4, 0.5) is 0 Å². The number of nitrogens with one attached hydrogen (secondary N) is 1. The maximum atomic E-state index is 3.43. The molecule has 1 saturated heterocycles. The Morgan fingerprint density at radius 2 is 1.60 bits per heavy atom. The number of halogens is 2. The van der Waals surface area contributed by atoms with Crippen molar-refractivity contribution in [2.75, 3.05) is 13.1 Å². The van der Waals surface area contributed by atoms with Gasteiger partial charge in [0.25, 0.3) is 0 Å². The smallest absolute Gasteiger partial charge is 0.0353 e. The summed E-state index contributed by atoms with van der Waals surface area (Å²) in [4.78, 5) is 0. The minimum Gasteiger partial charge on any atom is -0.251 e. The van der Waals surface area contributed by atoms with Gasteiger partial charge in [-0.2, -0.15) is 0 Å². The Kier molecular flexibility index (Phi) is 7.79. The molecule has 0 amide bonds. The Hall–Kier alpha value is -0.280. The average Bonchev–Trinajstić information content (AvgIpc) is 2.69. The zero-order chi connectivity index (χ0) is 8.93. The highest BCUT2D eigenvalue weighted by molar-refractivity contribution is 5.85. The standard InChI is InChI=1S/C11H16N2.2ClH/c1-2-6-11(7-3-1)10-12-13-8-4-5-9-13;;/h1-3,6-7,12H,4-5,8-10H2;2*1H. The van der Waals surface area contributed by atoms with Crippen molar-refractivity contribution >= 4 is 24.8 Å². The zero-order valence-electron chi connectivity index (χ0n) is 8.69. The Morgan fingerprint density at radius 1 is 1.00 bits per heavy atom. The van der Waals surface area contributed by atoms with Gasteiger partial charge in [0.2, 0.25) is 0 Å². The summed E-state index contributed by atoms with van der Waals surface area (Å²) in [6, 6.07) is 10.5. The summed E-state index contributed by atoms with van der Waals surface area (Å²) in [5.41, 5.74) is 4.79. The molecule has 0 bridgehead atoms. The van der Waals surface area contributed by atoms with Gasteiger partial charge in [0.15, 0.2) is 0 Å². The van der Waals surface area contributed by atoms with E-state index in [0.717, 1.165) is 6.54 Å². The summed E-state index contributed by atoms with van der Waals surface area (Å²) in [5.74, 6) is 0. The molecule has 1 aromatic carbocycles. The van der Waals surface area contributed by atoms with Gasteiger partial charge in [0, 0.05) is 19.6 Å². The summed E-state index contributed by atoms with van der Waals surface area (Å²) in [6.07, 6.45) is 2.67. The van der Waals surface area contributed by atoms with Crippen molar-refractivity contribution in [1.29, 1.82) is 0 Å². The van der Waals surface area contributed by atoms with Crippen LogP contribution in [0.5, 0.6) is 0 Å². The van der Waals surface area contributed by atoms with Gasteiger partial charge < -0.3 is 0 Å². The molecule has 1 aromatic rings. The number of nitrogens with zero attached hydrogens (tertiary/aromatic N) is 1. The minimum atomic E-state index is 0. The van der Waals surface area contributed by atoms with Crippen molar-refractivity contribution in [2.45, 2.75) is 19.4 Å². The van der Waals surface area contributed by atoms with Gasteiger partial charge in [-0.25, -0.2) is 5.01 Å². The molecule has 0 saturated carbocycles. The molecular weight excluding hydrogens is 231 g/mol. The summed E-state index contributed by atoms with van der Waals surface area (Å²) in [6.45, 7) is 3.36. The lowest BCUT2D eigenvalue weighted by molar-refractivity contribution is 0.232. The lowest BCUT2D eigenvalue weighted by Crippen LogP contribution is -2.34. The normalized spacial score (nSPS) is 15.5. The number of hydrazine groups is 1. The van der Waals surface area contributed by atoms with E-state index in [1.807, 2.05) is 0 Å². The molecule has 2 nitrogen and oxygen atoms in total. The van der Waals surface area contributed by atoms with E-state index >= 15 is 0 Å². The van der Waals surface area contributed by atoms with Crippen LogP contribution in [0.25, 0.3) is 0 Å². The maximum absolute atomic E-state index is 3.43. The van der Waals surface area contributed by atoms with Gasteiger partial charge in [-0.3, -0.25) is 5.43 Å². The molecule has 0 atom stereocenters. The summed E-state index contributed by atoms with van der Waals surface area (Å²) in [5, 5.41) is 2.31. The molecule has 15 heavy (non-hydrogen) atoms. The van der Waals surface area contributed by atoms with Gasteiger partial charge in [-0.1, -0.05) is 30.3 Å². The van der Waals surface area contributed by atoms with Crippen LogP contribution in [0, 0.1) is 0 Å². The number of hydrogen-bond donors (Lipinski definition) is 1. The third-order valence-electron chi connectivity index (χ3n) is 2.46. The molecule has 1 aliphatic rings. The zero-order valence-corrected chi connectivity index (χ0v) is 10.3. The van der Waals surface area contributed by atoms with Gasteiger partial charge in [0.1, 0.15) is 0 Å². The van der Waals surface area contributed by atoms with Crippen LogP contribution in [0.15, 0.2) is 30.3 Å². The van der Waals surface area contributed by atoms with Crippen LogP contribution in [0.1, 0.15) is 18.4 Å². The van der Waals surface area contributed by atoms with E-state index in [9.17, 15) is 0 Å². The molecular formula is C11H18Cl2N2. The first-order valence-corrected chi connectivity index (χ1v) is 4.97. The Morgan fingerprint density at radius 3 is 2.20 bits per heavy atom. The van der Waals surface area contributed by atoms with Crippen LogP contribution in [0.3, 0.4) is 0 Å². The Bertz CT molecular complexity index is 248. The first-order chi connectivity index (χ1) is 6.45. The predicted molar refractivity (Wildman–Crippen MR) is 68.6 cm³/mol. The molecule has 4 heteroatoms. The number of hydrogen-bond acceptors (Lipinski definition) is 2. The number of rotatable bonds is 3. The van der Waals surface area contributed by atoms with E-state index in [1.165, 1.54) is 31.5 Å². The maximum Gasteiger partial charge on any atom is 0.0353 e. The fraction of sp³-hybridized carbons (Fsp3) is 0.455. The Labute approximate surface area is 104 Å². The quantitative estimate of drug-likeness (QED) is 0.885. The largest absolute Gasteiger partial charge is 0.251 e. The molecule has 1 heterocycles. The molecule has 1 aliphatic heterocycles. The van der Waals surface area contributed by atoms with E-state index in [4.69, 9.17) is 0 Å². The number of benzene rings is 1. The van der Waals surface area contributed by atoms with Crippen molar-refractivity contribution in [1.82, 2.24) is 10.4 Å². The molecule has 0 spiro atoms. The van der Waals surface area contributed by atoms with Gasteiger partial charge in [0.05, 0.1) is 0 Å². The van der Waals surface area contributed by atoms with Crippen molar-refractivity contribution in [3.05, 3.63) is 35.9 Å². The highest BCUT2D eigenvalue weighted by Crippen LogP contribution is 2.05. The van der Waals surface area contributed by atoms with Crippen LogP contribution >= 0.6 is 24.8 Å². The molecule has 1 fully saturated rings. The first kappa shape index (κ1) is 14.7. The topological polar surface area (TPSA) is 15.3 Å². The van der Waals surface area contributed by atoms with Gasteiger partial charge in [-0.15, -0.1) is 24.8 Å². The van der Waals surface area contributed by atoms with Crippen LogP contribution < -0.4 is 5.43 Å². The van der Waals surface area contributed by atoms with Gasteiger partial charge >= 0.3 is 0 Å². The molecule has 0 aromatic heterocycles. The highest BCUT2D eigenvalue weighted by atomic mass is 35.5. The highest BCUT2D eigenvalue weighted by Gasteiger charge is 2.09. The third-order valence-corrected chi connectivity index (χ3v) is 2.46. The molecule has 0 unspecified atom stereocenters. The molecule has 0 radical (unpaired) electrons. The van der Waals surface area contributed by atoms with E-state index in [-0.39, 0.29) is 24.8 Å². The molecule has 86 valence electrons. The van der Waals surface area contributed by atoms with Crippen molar-refractivity contribution in [2.24, 2.45) is 0 Å². The SMILES string of the molecule is Cl.Cl.c1ccc(CNN2CCCC2)cc1. The fourth-order valence-electron chi connectivity index (χ4n) is 1.67. The lowest BCUT2D eigenvalue weighted by atomic mass is 10.2. The monoisotopic (exact) mass is 248 g/mol.